The minimum absolute atomic E-state index is 0.00262. The van der Waals surface area contributed by atoms with Crippen molar-refractivity contribution < 1.29 is 24.2 Å². The molecule has 1 aromatic rings. The van der Waals surface area contributed by atoms with E-state index in [4.69, 9.17) is 14.6 Å². The first-order chi connectivity index (χ1) is 9.93. The number of carbonyl (C=O) groups is 2. The standard InChI is InChI=1S/C16H22O5/c1-4-20-15(19)16(2,3)14(18)11-21-13-8-6-5-7-12(13)9-10-17/h5-8,17H,4,9-11H2,1-3H3. The fourth-order valence-electron chi connectivity index (χ4n) is 1.72. The first-order valence-corrected chi connectivity index (χ1v) is 6.95. The van der Waals surface area contributed by atoms with Gasteiger partial charge in [-0.2, -0.15) is 0 Å². The van der Waals surface area contributed by atoms with Crippen molar-refractivity contribution in [3.8, 4) is 5.75 Å². The molecule has 0 fully saturated rings. The van der Waals surface area contributed by atoms with Crippen molar-refractivity contribution in [2.45, 2.75) is 27.2 Å². The van der Waals surface area contributed by atoms with Crippen molar-refractivity contribution in [2.24, 2.45) is 5.41 Å². The number of para-hydroxylation sites is 1. The second-order valence-electron chi connectivity index (χ2n) is 5.14. The van der Waals surface area contributed by atoms with Crippen LogP contribution in [0, 0.1) is 5.41 Å². The number of hydrogen-bond donors (Lipinski definition) is 1. The average molecular weight is 294 g/mol. The summed E-state index contributed by atoms with van der Waals surface area (Å²) in [4.78, 5) is 23.9. The van der Waals surface area contributed by atoms with E-state index in [9.17, 15) is 9.59 Å². The van der Waals surface area contributed by atoms with E-state index in [1.54, 1.807) is 19.1 Å². The smallest absolute Gasteiger partial charge is 0.319 e. The Morgan fingerprint density at radius 3 is 2.52 bits per heavy atom. The third-order valence-corrected chi connectivity index (χ3v) is 3.20. The Kier molecular flexibility index (Phi) is 6.37. The van der Waals surface area contributed by atoms with Crippen molar-refractivity contribution in [2.75, 3.05) is 19.8 Å². The average Bonchev–Trinajstić information content (AvgIpc) is 2.46. The Morgan fingerprint density at radius 1 is 1.24 bits per heavy atom. The minimum Gasteiger partial charge on any atom is -0.486 e. The predicted molar refractivity (Wildman–Crippen MR) is 78.1 cm³/mol. The van der Waals surface area contributed by atoms with Crippen LogP contribution in [0.15, 0.2) is 24.3 Å². The second kappa shape index (κ2) is 7.78. The number of esters is 1. The van der Waals surface area contributed by atoms with E-state index in [-0.39, 0.29) is 25.6 Å². The molecule has 0 saturated heterocycles. The molecule has 0 unspecified atom stereocenters. The van der Waals surface area contributed by atoms with E-state index in [0.29, 0.717) is 12.2 Å². The van der Waals surface area contributed by atoms with E-state index >= 15 is 0 Å². The molecule has 0 aromatic heterocycles. The van der Waals surface area contributed by atoms with Crippen molar-refractivity contribution in [3.63, 3.8) is 0 Å². The van der Waals surface area contributed by atoms with Gasteiger partial charge in [0.1, 0.15) is 17.8 Å². The quantitative estimate of drug-likeness (QED) is 0.584. The van der Waals surface area contributed by atoms with Crippen LogP contribution in [0.5, 0.6) is 5.75 Å². The summed E-state index contributed by atoms with van der Waals surface area (Å²) in [5, 5.41) is 9.00. The molecule has 0 amide bonds. The van der Waals surface area contributed by atoms with Crippen LogP contribution in [-0.4, -0.2) is 36.7 Å². The van der Waals surface area contributed by atoms with Crippen LogP contribution in [0.2, 0.25) is 0 Å². The van der Waals surface area contributed by atoms with Gasteiger partial charge in [0.25, 0.3) is 0 Å². The molecule has 0 aliphatic carbocycles. The zero-order valence-electron chi connectivity index (χ0n) is 12.7. The summed E-state index contributed by atoms with van der Waals surface area (Å²) in [6.45, 7) is 4.76. The molecule has 5 nitrogen and oxygen atoms in total. The maximum atomic E-state index is 12.1. The van der Waals surface area contributed by atoms with Crippen molar-refractivity contribution in [1.29, 1.82) is 0 Å². The Morgan fingerprint density at radius 2 is 1.90 bits per heavy atom. The number of ketones is 1. The van der Waals surface area contributed by atoms with E-state index < -0.39 is 11.4 Å². The lowest BCUT2D eigenvalue weighted by atomic mass is 9.88. The topological polar surface area (TPSA) is 72.8 Å². The highest BCUT2D eigenvalue weighted by Crippen LogP contribution is 2.22. The molecule has 0 heterocycles. The minimum atomic E-state index is -1.23. The number of aliphatic hydroxyl groups excluding tert-OH is 1. The molecule has 0 atom stereocenters. The van der Waals surface area contributed by atoms with Gasteiger partial charge >= 0.3 is 5.97 Å². The number of carbonyl (C=O) groups excluding carboxylic acids is 2. The highest BCUT2D eigenvalue weighted by molar-refractivity contribution is 6.03. The highest BCUT2D eigenvalue weighted by atomic mass is 16.5. The lowest BCUT2D eigenvalue weighted by Gasteiger charge is -2.21. The van der Waals surface area contributed by atoms with Crippen LogP contribution in [0.4, 0.5) is 0 Å². The summed E-state index contributed by atoms with van der Waals surface area (Å²) in [7, 11) is 0. The van der Waals surface area contributed by atoms with Crippen LogP contribution in [0.3, 0.4) is 0 Å². The third kappa shape index (κ3) is 4.56. The summed E-state index contributed by atoms with van der Waals surface area (Å²) in [5.41, 5.74) is -0.413. The molecular formula is C16H22O5. The summed E-state index contributed by atoms with van der Waals surface area (Å²) < 4.78 is 10.4. The zero-order valence-corrected chi connectivity index (χ0v) is 12.7. The number of aliphatic hydroxyl groups is 1. The van der Waals surface area contributed by atoms with Crippen LogP contribution in [0.25, 0.3) is 0 Å². The van der Waals surface area contributed by atoms with Gasteiger partial charge in [-0.15, -0.1) is 0 Å². The SMILES string of the molecule is CCOC(=O)C(C)(C)C(=O)COc1ccccc1CCO. The highest BCUT2D eigenvalue weighted by Gasteiger charge is 2.37. The molecule has 0 bridgehead atoms. The molecule has 0 radical (unpaired) electrons. The molecule has 0 saturated carbocycles. The summed E-state index contributed by atoms with van der Waals surface area (Å²) in [6.07, 6.45) is 0.450. The number of benzene rings is 1. The van der Waals surface area contributed by atoms with Gasteiger partial charge in [0, 0.05) is 6.61 Å². The van der Waals surface area contributed by atoms with Crippen LogP contribution in [0.1, 0.15) is 26.3 Å². The lowest BCUT2D eigenvalue weighted by Crippen LogP contribution is -2.38. The number of rotatable bonds is 8. The second-order valence-corrected chi connectivity index (χ2v) is 5.14. The zero-order chi connectivity index (χ0) is 15.9. The van der Waals surface area contributed by atoms with Crippen LogP contribution < -0.4 is 4.74 Å². The van der Waals surface area contributed by atoms with Gasteiger partial charge in [0.2, 0.25) is 0 Å². The van der Waals surface area contributed by atoms with Crippen LogP contribution in [-0.2, 0) is 20.7 Å². The predicted octanol–water partition coefficient (Wildman–Crippen LogP) is 1.76. The van der Waals surface area contributed by atoms with Gasteiger partial charge in [-0.1, -0.05) is 18.2 Å². The van der Waals surface area contributed by atoms with Crippen molar-refractivity contribution in [1.82, 2.24) is 0 Å². The number of Topliss-reactive ketones (excluding diaryl/α,β-unsaturated/α-hetero) is 1. The first-order valence-electron chi connectivity index (χ1n) is 6.95. The Hall–Kier alpha value is -1.88. The van der Waals surface area contributed by atoms with E-state index in [1.807, 2.05) is 12.1 Å². The molecule has 0 spiro atoms. The molecule has 0 aliphatic rings. The number of hydrogen-bond acceptors (Lipinski definition) is 5. The third-order valence-electron chi connectivity index (χ3n) is 3.20. The Bertz CT molecular complexity index is 493. The lowest BCUT2D eigenvalue weighted by molar-refractivity contribution is -0.158. The van der Waals surface area contributed by atoms with Gasteiger partial charge in [-0.25, -0.2) is 0 Å². The Balaban J connectivity index is 2.70. The van der Waals surface area contributed by atoms with Gasteiger partial charge in [0.15, 0.2) is 5.78 Å². The fraction of sp³-hybridized carbons (Fsp3) is 0.500. The summed E-state index contributed by atoms with van der Waals surface area (Å²) >= 11 is 0. The van der Waals surface area contributed by atoms with E-state index in [2.05, 4.69) is 0 Å². The molecule has 21 heavy (non-hydrogen) atoms. The first kappa shape index (κ1) is 17.2. The van der Waals surface area contributed by atoms with Gasteiger partial charge in [-0.3, -0.25) is 9.59 Å². The largest absolute Gasteiger partial charge is 0.486 e. The van der Waals surface area contributed by atoms with Gasteiger partial charge < -0.3 is 14.6 Å². The van der Waals surface area contributed by atoms with E-state index in [0.717, 1.165) is 5.56 Å². The molecule has 0 aliphatic heterocycles. The molecule has 5 heteroatoms. The van der Waals surface area contributed by atoms with Gasteiger partial charge in [-0.05, 0) is 38.8 Å². The summed E-state index contributed by atoms with van der Waals surface area (Å²) in [5.74, 6) is -0.360. The van der Waals surface area contributed by atoms with E-state index in [1.165, 1.54) is 13.8 Å². The van der Waals surface area contributed by atoms with Crippen molar-refractivity contribution in [3.05, 3.63) is 29.8 Å². The molecule has 116 valence electrons. The summed E-state index contributed by atoms with van der Waals surface area (Å²) in [6, 6.07) is 7.18. The molecule has 1 aromatic carbocycles. The van der Waals surface area contributed by atoms with Crippen LogP contribution >= 0.6 is 0 Å². The maximum absolute atomic E-state index is 12.1. The Labute approximate surface area is 124 Å². The maximum Gasteiger partial charge on any atom is 0.319 e. The monoisotopic (exact) mass is 294 g/mol. The van der Waals surface area contributed by atoms with Crippen molar-refractivity contribution >= 4 is 11.8 Å². The molecule has 1 N–H and O–H groups in total. The molecular weight excluding hydrogens is 272 g/mol. The fourth-order valence-corrected chi connectivity index (χ4v) is 1.72. The normalized spacial score (nSPS) is 11.0. The number of ether oxygens (including phenoxy) is 2. The molecule has 1 rings (SSSR count). The van der Waals surface area contributed by atoms with Gasteiger partial charge in [0.05, 0.1) is 6.61 Å².